The molecule has 2 heterocycles. The Balaban J connectivity index is 1.74. The Labute approximate surface area is 171 Å². The number of nitrogens with zero attached hydrogens (tertiary/aromatic N) is 2. The first-order valence-corrected chi connectivity index (χ1v) is 9.46. The van der Waals surface area contributed by atoms with E-state index in [-0.39, 0.29) is 5.69 Å². The summed E-state index contributed by atoms with van der Waals surface area (Å²) in [4.78, 5) is 27.0. The molecular weight excluding hydrogens is 399 g/mol. The fourth-order valence-corrected chi connectivity index (χ4v) is 3.73. The molecule has 1 aliphatic rings. The zero-order valence-corrected chi connectivity index (χ0v) is 16.2. The minimum absolute atomic E-state index is 0.0117. The number of hydrogen-bond acceptors (Lipinski definition) is 3. The van der Waals surface area contributed by atoms with Gasteiger partial charge in [-0.25, -0.2) is 0 Å². The minimum atomic E-state index is -0.574. The predicted octanol–water partition coefficient (Wildman–Crippen LogP) is 4.18. The fraction of sp³-hybridized carbons (Fsp3) is 0.143. The molecule has 0 fully saturated rings. The number of pyridine rings is 1. The number of halogens is 2. The molecule has 0 saturated heterocycles. The number of fused-ring (bicyclic) bond motifs is 1. The van der Waals surface area contributed by atoms with Crippen molar-refractivity contribution in [3.63, 3.8) is 0 Å². The van der Waals surface area contributed by atoms with Crippen LogP contribution in [-0.2, 0) is 13.1 Å². The molecule has 4 rings (SSSR count). The molecule has 0 aliphatic carbocycles. The molecule has 0 unspecified atom stereocenters. The van der Waals surface area contributed by atoms with Gasteiger partial charge in [0.05, 0.1) is 15.7 Å². The van der Waals surface area contributed by atoms with E-state index < -0.39 is 17.1 Å². The maximum absolute atomic E-state index is 13.1. The monoisotopic (exact) mass is 414 g/mol. The highest BCUT2D eigenvalue weighted by Gasteiger charge is 2.30. The molecule has 1 N–H and O–H groups in total. The highest BCUT2D eigenvalue weighted by Crippen LogP contribution is 2.29. The van der Waals surface area contributed by atoms with E-state index in [1.165, 1.54) is 6.07 Å². The third-order valence-corrected chi connectivity index (χ3v) is 5.54. The SMILES string of the molecule is O=C1c2c(O)c(=O)cc(-c3ccccc3)n2CCN1Cc1ccc(Cl)c(Cl)c1. The zero-order valence-electron chi connectivity index (χ0n) is 14.7. The number of carbonyl (C=O) groups is 1. The van der Waals surface area contributed by atoms with Crippen molar-refractivity contribution in [1.82, 2.24) is 9.47 Å². The maximum atomic E-state index is 13.1. The van der Waals surface area contributed by atoms with Gasteiger partial charge in [0, 0.05) is 25.7 Å². The van der Waals surface area contributed by atoms with Crippen molar-refractivity contribution >= 4 is 29.1 Å². The molecular formula is C21H16Cl2N2O3. The van der Waals surface area contributed by atoms with Gasteiger partial charge in [-0.1, -0.05) is 59.6 Å². The van der Waals surface area contributed by atoms with Crippen LogP contribution in [0.25, 0.3) is 11.3 Å². The lowest BCUT2D eigenvalue weighted by atomic mass is 10.1. The highest BCUT2D eigenvalue weighted by atomic mass is 35.5. The van der Waals surface area contributed by atoms with Crippen LogP contribution < -0.4 is 5.43 Å². The van der Waals surface area contributed by atoms with Crippen molar-refractivity contribution in [1.29, 1.82) is 0 Å². The number of aromatic hydroxyl groups is 1. The summed E-state index contributed by atoms with van der Waals surface area (Å²) in [7, 11) is 0. The topological polar surface area (TPSA) is 62.5 Å². The second kappa shape index (κ2) is 7.34. The van der Waals surface area contributed by atoms with Crippen LogP contribution in [0.15, 0.2) is 59.4 Å². The Bertz CT molecular complexity index is 1130. The standard InChI is InChI=1S/C21H16Cl2N2O3/c22-15-7-6-13(10-16(15)23)12-24-8-9-25-17(14-4-2-1-3-5-14)11-18(26)20(27)19(25)21(24)28/h1-7,10-11,27H,8-9,12H2. The summed E-state index contributed by atoms with van der Waals surface area (Å²) in [5.74, 6) is -0.923. The lowest BCUT2D eigenvalue weighted by molar-refractivity contribution is 0.0684. The van der Waals surface area contributed by atoms with Gasteiger partial charge in [0.25, 0.3) is 5.91 Å². The van der Waals surface area contributed by atoms with Crippen molar-refractivity contribution in [2.45, 2.75) is 13.1 Å². The summed E-state index contributed by atoms with van der Waals surface area (Å²) in [6.07, 6.45) is 0. The Morgan fingerprint density at radius 3 is 2.39 bits per heavy atom. The van der Waals surface area contributed by atoms with E-state index in [9.17, 15) is 14.7 Å². The van der Waals surface area contributed by atoms with Gasteiger partial charge in [0.2, 0.25) is 5.43 Å². The summed E-state index contributed by atoms with van der Waals surface area (Å²) in [5.41, 5.74) is 1.68. The number of benzene rings is 2. The fourth-order valence-electron chi connectivity index (χ4n) is 3.41. The molecule has 2 aromatic carbocycles. The predicted molar refractivity (Wildman–Crippen MR) is 109 cm³/mol. The number of carbonyl (C=O) groups excluding carboxylic acids is 1. The first-order chi connectivity index (χ1) is 13.5. The molecule has 28 heavy (non-hydrogen) atoms. The van der Waals surface area contributed by atoms with Crippen molar-refractivity contribution < 1.29 is 9.90 Å². The molecule has 1 amide bonds. The van der Waals surface area contributed by atoms with Gasteiger partial charge < -0.3 is 14.6 Å². The number of rotatable bonds is 3. The first kappa shape index (κ1) is 18.6. The van der Waals surface area contributed by atoms with Gasteiger partial charge >= 0.3 is 0 Å². The van der Waals surface area contributed by atoms with Crippen LogP contribution in [0, 0.1) is 0 Å². The summed E-state index contributed by atoms with van der Waals surface area (Å²) >= 11 is 12.0. The summed E-state index contributed by atoms with van der Waals surface area (Å²) < 4.78 is 1.71. The van der Waals surface area contributed by atoms with Crippen molar-refractivity contribution in [3.05, 3.63) is 86.1 Å². The summed E-state index contributed by atoms with van der Waals surface area (Å²) in [6, 6.07) is 15.9. The Hall–Kier alpha value is -2.76. The van der Waals surface area contributed by atoms with Gasteiger partial charge in [-0.05, 0) is 23.3 Å². The minimum Gasteiger partial charge on any atom is -0.503 e. The molecule has 0 saturated carbocycles. The third kappa shape index (κ3) is 3.28. The highest BCUT2D eigenvalue weighted by molar-refractivity contribution is 6.42. The van der Waals surface area contributed by atoms with Crippen LogP contribution in [0.1, 0.15) is 16.1 Å². The zero-order chi connectivity index (χ0) is 19.8. The first-order valence-electron chi connectivity index (χ1n) is 8.71. The molecule has 3 aromatic rings. The quantitative estimate of drug-likeness (QED) is 0.698. The number of amides is 1. The molecule has 1 aromatic heterocycles. The van der Waals surface area contributed by atoms with E-state index in [0.717, 1.165) is 11.1 Å². The van der Waals surface area contributed by atoms with Gasteiger partial charge in [0.15, 0.2) is 11.4 Å². The van der Waals surface area contributed by atoms with Gasteiger partial charge in [-0.2, -0.15) is 0 Å². The molecule has 7 heteroatoms. The normalized spacial score (nSPS) is 13.5. The van der Waals surface area contributed by atoms with E-state index >= 15 is 0 Å². The van der Waals surface area contributed by atoms with Crippen LogP contribution >= 0.6 is 23.2 Å². The molecule has 142 valence electrons. The molecule has 0 spiro atoms. The van der Waals surface area contributed by atoms with Crippen LogP contribution in [0.3, 0.4) is 0 Å². The largest absolute Gasteiger partial charge is 0.503 e. The van der Waals surface area contributed by atoms with Crippen molar-refractivity contribution in [3.8, 4) is 17.0 Å². The van der Waals surface area contributed by atoms with Crippen LogP contribution in [0.2, 0.25) is 10.0 Å². The Morgan fingerprint density at radius 2 is 1.68 bits per heavy atom. The maximum Gasteiger partial charge on any atom is 0.274 e. The lowest BCUT2D eigenvalue weighted by Crippen LogP contribution is -2.41. The van der Waals surface area contributed by atoms with Crippen molar-refractivity contribution in [2.75, 3.05) is 6.54 Å². The molecule has 5 nitrogen and oxygen atoms in total. The Morgan fingerprint density at radius 1 is 0.929 bits per heavy atom. The number of hydrogen-bond donors (Lipinski definition) is 1. The average molecular weight is 415 g/mol. The van der Waals surface area contributed by atoms with E-state index in [1.807, 2.05) is 30.3 Å². The molecule has 0 atom stereocenters. The summed E-state index contributed by atoms with van der Waals surface area (Å²) in [5, 5.41) is 11.2. The lowest BCUT2D eigenvalue weighted by Gasteiger charge is -2.32. The van der Waals surface area contributed by atoms with E-state index in [1.54, 1.807) is 27.7 Å². The van der Waals surface area contributed by atoms with Crippen LogP contribution in [-0.4, -0.2) is 27.0 Å². The van der Waals surface area contributed by atoms with Crippen molar-refractivity contribution in [2.24, 2.45) is 0 Å². The second-order valence-electron chi connectivity index (χ2n) is 6.58. The molecule has 0 radical (unpaired) electrons. The van der Waals surface area contributed by atoms with Gasteiger partial charge in [-0.3, -0.25) is 9.59 Å². The smallest absolute Gasteiger partial charge is 0.274 e. The van der Waals surface area contributed by atoms with Crippen LogP contribution in [0.5, 0.6) is 5.75 Å². The van der Waals surface area contributed by atoms with Crippen LogP contribution in [0.4, 0.5) is 0 Å². The number of aromatic nitrogens is 1. The third-order valence-electron chi connectivity index (χ3n) is 4.80. The van der Waals surface area contributed by atoms with E-state index in [2.05, 4.69) is 0 Å². The van der Waals surface area contributed by atoms with E-state index in [0.29, 0.717) is 35.4 Å². The molecule has 0 bridgehead atoms. The Kier molecular flexibility index (Phi) is 4.87. The average Bonchev–Trinajstić information content (AvgIpc) is 2.70. The van der Waals surface area contributed by atoms with Gasteiger partial charge in [-0.15, -0.1) is 0 Å². The summed E-state index contributed by atoms with van der Waals surface area (Å²) in [6.45, 7) is 1.20. The second-order valence-corrected chi connectivity index (χ2v) is 7.40. The van der Waals surface area contributed by atoms with E-state index in [4.69, 9.17) is 23.2 Å². The van der Waals surface area contributed by atoms with Gasteiger partial charge in [0.1, 0.15) is 0 Å². The molecule has 1 aliphatic heterocycles.